The minimum Gasteiger partial charge on any atom is -0.313 e. The highest BCUT2D eigenvalue weighted by Gasteiger charge is 2.27. The molecule has 120 valence electrons. The average Bonchev–Trinajstić information content (AvgIpc) is 2.92. The van der Waals surface area contributed by atoms with Crippen LogP contribution in [0.15, 0.2) is 0 Å². The van der Waals surface area contributed by atoms with E-state index in [1.54, 1.807) is 0 Å². The molecule has 1 fully saturated rings. The van der Waals surface area contributed by atoms with E-state index < -0.39 is 0 Å². The second-order valence-corrected chi connectivity index (χ2v) is 6.56. The van der Waals surface area contributed by atoms with Crippen molar-refractivity contribution in [3.63, 3.8) is 0 Å². The first-order valence-electron chi connectivity index (χ1n) is 8.93. The SMILES string of the molecule is CCc1nn(C2CCCC(CC)C2)c(CC)c1C(C)NC. The summed E-state index contributed by atoms with van der Waals surface area (Å²) in [4.78, 5) is 0. The lowest BCUT2D eigenvalue weighted by Gasteiger charge is -2.30. The predicted molar refractivity (Wildman–Crippen MR) is 89.7 cm³/mol. The van der Waals surface area contributed by atoms with Gasteiger partial charge in [-0.2, -0.15) is 5.10 Å². The molecular weight excluding hydrogens is 258 g/mol. The standard InChI is InChI=1S/C18H33N3/c1-6-14-10-9-11-15(12-14)21-17(8-3)18(13(4)19-5)16(7-2)20-21/h13-15,19H,6-12H2,1-5H3. The van der Waals surface area contributed by atoms with Crippen LogP contribution in [0, 0.1) is 5.92 Å². The van der Waals surface area contributed by atoms with Crippen LogP contribution in [-0.4, -0.2) is 16.8 Å². The predicted octanol–water partition coefficient (Wildman–Crippen LogP) is 4.43. The molecule has 0 radical (unpaired) electrons. The van der Waals surface area contributed by atoms with Crippen LogP contribution >= 0.6 is 0 Å². The fourth-order valence-electron chi connectivity index (χ4n) is 3.95. The fourth-order valence-corrected chi connectivity index (χ4v) is 3.95. The lowest BCUT2D eigenvalue weighted by Crippen LogP contribution is -2.22. The van der Waals surface area contributed by atoms with Crippen LogP contribution in [0.25, 0.3) is 0 Å². The monoisotopic (exact) mass is 291 g/mol. The van der Waals surface area contributed by atoms with Gasteiger partial charge in [0, 0.05) is 17.3 Å². The molecule has 2 rings (SSSR count). The van der Waals surface area contributed by atoms with Crippen LogP contribution in [0.5, 0.6) is 0 Å². The van der Waals surface area contributed by atoms with Gasteiger partial charge in [0.25, 0.3) is 0 Å². The van der Waals surface area contributed by atoms with Gasteiger partial charge < -0.3 is 5.32 Å². The lowest BCUT2D eigenvalue weighted by atomic mass is 9.84. The maximum absolute atomic E-state index is 5.04. The molecular formula is C18H33N3. The average molecular weight is 291 g/mol. The highest BCUT2D eigenvalue weighted by Crippen LogP contribution is 2.36. The summed E-state index contributed by atoms with van der Waals surface area (Å²) in [5, 5.41) is 8.45. The summed E-state index contributed by atoms with van der Waals surface area (Å²) < 4.78 is 2.41. The smallest absolute Gasteiger partial charge is 0.0672 e. The van der Waals surface area contributed by atoms with Crippen LogP contribution in [0.4, 0.5) is 0 Å². The van der Waals surface area contributed by atoms with E-state index in [1.165, 1.54) is 49.1 Å². The van der Waals surface area contributed by atoms with E-state index >= 15 is 0 Å². The van der Waals surface area contributed by atoms with Crippen molar-refractivity contribution in [2.24, 2.45) is 5.92 Å². The Morgan fingerprint density at radius 3 is 2.57 bits per heavy atom. The molecule has 0 aromatic carbocycles. The van der Waals surface area contributed by atoms with Crippen LogP contribution in [0.2, 0.25) is 0 Å². The van der Waals surface area contributed by atoms with Crippen molar-refractivity contribution in [3.05, 3.63) is 17.0 Å². The van der Waals surface area contributed by atoms with Crippen molar-refractivity contribution >= 4 is 0 Å². The molecule has 3 heteroatoms. The number of aryl methyl sites for hydroxylation is 1. The molecule has 1 aromatic rings. The van der Waals surface area contributed by atoms with Gasteiger partial charge >= 0.3 is 0 Å². The van der Waals surface area contributed by atoms with Gasteiger partial charge in [0.1, 0.15) is 0 Å². The number of aromatic nitrogens is 2. The Labute approximate surface area is 130 Å². The van der Waals surface area contributed by atoms with Gasteiger partial charge in [-0.1, -0.05) is 40.0 Å². The first-order valence-corrected chi connectivity index (χ1v) is 8.93. The minimum atomic E-state index is 0.397. The molecule has 0 aliphatic heterocycles. The number of rotatable bonds is 6. The van der Waals surface area contributed by atoms with Crippen molar-refractivity contribution < 1.29 is 0 Å². The number of hydrogen-bond acceptors (Lipinski definition) is 2. The van der Waals surface area contributed by atoms with E-state index in [2.05, 4.69) is 44.7 Å². The molecule has 1 aromatic heterocycles. The van der Waals surface area contributed by atoms with Crippen molar-refractivity contribution in [1.82, 2.24) is 15.1 Å². The van der Waals surface area contributed by atoms with Crippen LogP contribution in [0.1, 0.15) is 88.8 Å². The van der Waals surface area contributed by atoms with Gasteiger partial charge in [-0.3, -0.25) is 4.68 Å². The Morgan fingerprint density at radius 2 is 2.00 bits per heavy atom. The Kier molecular flexibility index (Phi) is 5.86. The Morgan fingerprint density at radius 1 is 1.24 bits per heavy atom. The van der Waals surface area contributed by atoms with E-state index in [0.717, 1.165) is 18.8 Å². The van der Waals surface area contributed by atoms with Gasteiger partial charge in [0.2, 0.25) is 0 Å². The molecule has 3 unspecified atom stereocenters. The quantitative estimate of drug-likeness (QED) is 0.840. The molecule has 0 bridgehead atoms. The first kappa shape index (κ1) is 16.5. The second kappa shape index (κ2) is 7.44. The third-order valence-electron chi connectivity index (χ3n) is 5.34. The molecule has 1 aliphatic carbocycles. The minimum absolute atomic E-state index is 0.397. The molecule has 1 saturated carbocycles. The van der Waals surface area contributed by atoms with E-state index in [1.807, 2.05) is 0 Å². The Balaban J connectivity index is 2.36. The Hall–Kier alpha value is -0.830. The van der Waals surface area contributed by atoms with Crippen LogP contribution in [0.3, 0.4) is 0 Å². The summed E-state index contributed by atoms with van der Waals surface area (Å²) in [5.74, 6) is 0.896. The molecule has 1 heterocycles. The molecule has 21 heavy (non-hydrogen) atoms. The van der Waals surface area contributed by atoms with E-state index in [9.17, 15) is 0 Å². The van der Waals surface area contributed by atoms with Crippen LogP contribution in [-0.2, 0) is 12.8 Å². The second-order valence-electron chi connectivity index (χ2n) is 6.56. The van der Waals surface area contributed by atoms with Crippen molar-refractivity contribution in [3.8, 4) is 0 Å². The summed E-state index contributed by atoms with van der Waals surface area (Å²) in [5.41, 5.74) is 4.23. The van der Waals surface area contributed by atoms with Gasteiger partial charge in [-0.05, 0) is 45.6 Å². The number of nitrogens with zero attached hydrogens (tertiary/aromatic N) is 2. The molecule has 0 saturated heterocycles. The maximum atomic E-state index is 5.04. The van der Waals surface area contributed by atoms with Gasteiger partial charge in [0.05, 0.1) is 11.7 Å². The summed E-state index contributed by atoms with van der Waals surface area (Å²) in [6.45, 7) is 9.10. The first-order chi connectivity index (χ1) is 10.2. The van der Waals surface area contributed by atoms with E-state index in [4.69, 9.17) is 5.10 Å². The number of hydrogen-bond donors (Lipinski definition) is 1. The summed E-state index contributed by atoms with van der Waals surface area (Å²) in [6.07, 6.45) is 8.84. The summed E-state index contributed by atoms with van der Waals surface area (Å²) in [6, 6.07) is 1.02. The molecule has 0 spiro atoms. The van der Waals surface area contributed by atoms with Gasteiger partial charge in [-0.25, -0.2) is 0 Å². The van der Waals surface area contributed by atoms with E-state index in [0.29, 0.717) is 12.1 Å². The zero-order valence-electron chi connectivity index (χ0n) is 14.6. The van der Waals surface area contributed by atoms with Gasteiger partial charge in [0.15, 0.2) is 0 Å². The van der Waals surface area contributed by atoms with Crippen LogP contribution < -0.4 is 5.32 Å². The normalized spacial score (nSPS) is 24.2. The molecule has 1 N–H and O–H groups in total. The zero-order valence-corrected chi connectivity index (χ0v) is 14.6. The Bertz CT molecular complexity index is 450. The van der Waals surface area contributed by atoms with E-state index in [-0.39, 0.29) is 0 Å². The lowest BCUT2D eigenvalue weighted by molar-refractivity contribution is 0.243. The summed E-state index contributed by atoms with van der Waals surface area (Å²) in [7, 11) is 2.05. The van der Waals surface area contributed by atoms with Crippen molar-refractivity contribution in [1.29, 1.82) is 0 Å². The highest BCUT2D eigenvalue weighted by atomic mass is 15.3. The fraction of sp³-hybridized carbons (Fsp3) is 0.833. The highest BCUT2D eigenvalue weighted by molar-refractivity contribution is 5.30. The third kappa shape index (κ3) is 3.33. The largest absolute Gasteiger partial charge is 0.313 e. The topological polar surface area (TPSA) is 29.9 Å². The number of nitrogens with one attached hydrogen (secondary N) is 1. The maximum Gasteiger partial charge on any atom is 0.0672 e. The van der Waals surface area contributed by atoms with Crippen molar-refractivity contribution in [2.45, 2.75) is 84.7 Å². The summed E-state index contributed by atoms with van der Waals surface area (Å²) >= 11 is 0. The molecule has 0 amide bonds. The zero-order chi connectivity index (χ0) is 15.4. The molecule has 1 aliphatic rings. The van der Waals surface area contributed by atoms with Gasteiger partial charge in [-0.15, -0.1) is 0 Å². The molecule has 3 nitrogen and oxygen atoms in total. The van der Waals surface area contributed by atoms with Crippen molar-refractivity contribution in [2.75, 3.05) is 7.05 Å². The molecule has 3 atom stereocenters. The third-order valence-corrected chi connectivity index (χ3v) is 5.34.